The Kier molecular flexibility index (Phi) is 4.37. The molecule has 5 heteroatoms. The Bertz CT molecular complexity index is 518. The second-order valence-electron chi connectivity index (χ2n) is 4.64. The third-order valence-corrected chi connectivity index (χ3v) is 4.30. The van der Waals surface area contributed by atoms with Crippen molar-refractivity contribution in [1.82, 2.24) is 14.7 Å². The summed E-state index contributed by atoms with van der Waals surface area (Å²) in [6, 6.07) is 0.374. The average Bonchev–Trinajstić information content (AvgIpc) is 2.85. The van der Waals surface area contributed by atoms with E-state index in [0.29, 0.717) is 6.04 Å². The van der Waals surface area contributed by atoms with Crippen molar-refractivity contribution < 1.29 is 5.11 Å². The molecule has 0 amide bonds. The van der Waals surface area contributed by atoms with Crippen molar-refractivity contribution >= 4 is 16.3 Å². The van der Waals surface area contributed by atoms with E-state index < -0.39 is 0 Å². The van der Waals surface area contributed by atoms with Gasteiger partial charge in [0.2, 0.25) is 0 Å². The summed E-state index contributed by atoms with van der Waals surface area (Å²) < 4.78 is 2.22. The van der Waals surface area contributed by atoms with Crippen LogP contribution in [0.4, 0.5) is 0 Å². The summed E-state index contributed by atoms with van der Waals surface area (Å²) >= 11 is 1.68. The maximum absolute atomic E-state index is 9.01. The summed E-state index contributed by atoms with van der Waals surface area (Å²) in [4.78, 5) is 5.64. The third kappa shape index (κ3) is 2.58. The lowest BCUT2D eigenvalue weighted by Crippen LogP contribution is -2.29. The standard InChI is InChI=1S/C13H21N3OS/c1-4-11(5-6-17)14-7-12-10(3)15-13-16(12)9(2)8-18-13/h8,11,14,17H,4-7H2,1-3H3. The first-order chi connectivity index (χ1) is 8.67. The van der Waals surface area contributed by atoms with Crippen molar-refractivity contribution in [2.75, 3.05) is 6.61 Å². The van der Waals surface area contributed by atoms with Crippen molar-refractivity contribution in [2.45, 2.75) is 46.2 Å². The van der Waals surface area contributed by atoms with E-state index in [9.17, 15) is 0 Å². The Morgan fingerprint density at radius 2 is 2.28 bits per heavy atom. The summed E-state index contributed by atoms with van der Waals surface area (Å²) in [5.74, 6) is 0. The SMILES string of the molecule is CCC(CCO)NCc1c(C)nc2scc(C)n12. The van der Waals surface area contributed by atoms with Gasteiger partial charge in [0, 0.05) is 30.3 Å². The van der Waals surface area contributed by atoms with Gasteiger partial charge in [0.1, 0.15) is 0 Å². The topological polar surface area (TPSA) is 49.6 Å². The van der Waals surface area contributed by atoms with Gasteiger partial charge in [0.05, 0.1) is 11.4 Å². The number of imidazole rings is 1. The molecule has 18 heavy (non-hydrogen) atoms. The van der Waals surface area contributed by atoms with Gasteiger partial charge in [0.25, 0.3) is 0 Å². The van der Waals surface area contributed by atoms with Gasteiger partial charge < -0.3 is 10.4 Å². The largest absolute Gasteiger partial charge is 0.396 e. The minimum Gasteiger partial charge on any atom is -0.396 e. The number of nitrogens with one attached hydrogen (secondary N) is 1. The molecule has 100 valence electrons. The van der Waals surface area contributed by atoms with Gasteiger partial charge in [0.15, 0.2) is 4.96 Å². The molecular weight excluding hydrogens is 246 g/mol. The molecule has 2 heterocycles. The highest BCUT2D eigenvalue weighted by Crippen LogP contribution is 2.20. The number of nitrogens with zero attached hydrogens (tertiary/aromatic N) is 2. The Morgan fingerprint density at radius 3 is 2.94 bits per heavy atom. The van der Waals surface area contributed by atoms with Gasteiger partial charge in [-0.2, -0.15) is 0 Å². The molecule has 2 rings (SSSR count). The molecule has 0 saturated carbocycles. The number of aliphatic hydroxyl groups excluding tert-OH is 1. The number of thiazole rings is 1. The van der Waals surface area contributed by atoms with Crippen LogP contribution in [0.1, 0.15) is 36.8 Å². The van der Waals surface area contributed by atoms with E-state index in [4.69, 9.17) is 5.11 Å². The van der Waals surface area contributed by atoms with Crippen molar-refractivity contribution in [3.63, 3.8) is 0 Å². The fourth-order valence-electron chi connectivity index (χ4n) is 2.22. The van der Waals surface area contributed by atoms with Crippen molar-refractivity contribution in [2.24, 2.45) is 0 Å². The minimum absolute atomic E-state index is 0.240. The number of rotatable bonds is 6. The van der Waals surface area contributed by atoms with Crippen LogP contribution < -0.4 is 5.32 Å². The zero-order valence-electron chi connectivity index (χ0n) is 11.2. The molecule has 0 aliphatic heterocycles. The molecule has 1 unspecified atom stereocenters. The molecule has 2 aromatic rings. The average molecular weight is 267 g/mol. The van der Waals surface area contributed by atoms with Gasteiger partial charge in [-0.1, -0.05) is 6.92 Å². The fraction of sp³-hybridized carbons (Fsp3) is 0.615. The van der Waals surface area contributed by atoms with Crippen LogP contribution in [0.3, 0.4) is 0 Å². The van der Waals surface area contributed by atoms with E-state index in [0.717, 1.165) is 30.0 Å². The number of fused-ring (bicyclic) bond motifs is 1. The van der Waals surface area contributed by atoms with Gasteiger partial charge in [-0.25, -0.2) is 4.98 Å². The van der Waals surface area contributed by atoms with E-state index in [1.807, 2.05) is 0 Å². The minimum atomic E-state index is 0.240. The lowest BCUT2D eigenvalue weighted by molar-refractivity contribution is 0.261. The van der Waals surface area contributed by atoms with Crippen LogP contribution in [0.5, 0.6) is 0 Å². The highest BCUT2D eigenvalue weighted by molar-refractivity contribution is 7.15. The Morgan fingerprint density at radius 1 is 1.50 bits per heavy atom. The lowest BCUT2D eigenvalue weighted by Gasteiger charge is -2.15. The molecule has 0 aliphatic rings. The first kappa shape index (κ1) is 13.5. The quantitative estimate of drug-likeness (QED) is 0.844. The Hall–Kier alpha value is -0.910. The van der Waals surface area contributed by atoms with Crippen molar-refractivity contribution in [1.29, 1.82) is 0 Å². The molecule has 0 fully saturated rings. The zero-order valence-corrected chi connectivity index (χ0v) is 12.0. The van der Waals surface area contributed by atoms with Gasteiger partial charge >= 0.3 is 0 Å². The van der Waals surface area contributed by atoms with Crippen LogP contribution >= 0.6 is 11.3 Å². The first-order valence-corrected chi connectivity index (χ1v) is 7.31. The number of aliphatic hydroxyl groups is 1. The van der Waals surface area contributed by atoms with Crippen LogP contribution in [-0.2, 0) is 6.54 Å². The lowest BCUT2D eigenvalue weighted by atomic mass is 10.1. The maximum Gasteiger partial charge on any atom is 0.194 e. The normalized spacial score (nSPS) is 13.3. The molecule has 0 saturated heterocycles. The van der Waals surface area contributed by atoms with Gasteiger partial charge in [-0.15, -0.1) is 11.3 Å². The smallest absolute Gasteiger partial charge is 0.194 e. The second kappa shape index (κ2) is 5.82. The maximum atomic E-state index is 9.01. The van der Waals surface area contributed by atoms with Crippen LogP contribution in [0.25, 0.3) is 4.96 Å². The second-order valence-corrected chi connectivity index (χ2v) is 5.47. The zero-order chi connectivity index (χ0) is 13.1. The van der Waals surface area contributed by atoms with Crippen LogP contribution in [0.2, 0.25) is 0 Å². The van der Waals surface area contributed by atoms with Crippen molar-refractivity contribution in [3.05, 3.63) is 22.5 Å². The van der Waals surface area contributed by atoms with E-state index in [-0.39, 0.29) is 6.61 Å². The molecule has 0 spiro atoms. The van der Waals surface area contributed by atoms with Crippen molar-refractivity contribution in [3.8, 4) is 0 Å². The number of aromatic nitrogens is 2. The van der Waals surface area contributed by atoms with E-state index in [1.165, 1.54) is 11.4 Å². The molecule has 2 N–H and O–H groups in total. The van der Waals surface area contributed by atoms with Crippen LogP contribution in [-0.4, -0.2) is 27.1 Å². The number of hydrogen-bond acceptors (Lipinski definition) is 4. The summed E-state index contributed by atoms with van der Waals surface area (Å²) in [5.41, 5.74) is 3.57. The number of hydrogen-bond donors (Lipinski definition) is 2. The van der Waals surface area contributed by atoms with Crippen LogP contribution in [0.15, 0.2) is 5.38 Å². The van der Waals surface area contributed by atoms with Gasteiger partial charge in [-0.3, -0.25) is 4.40 Å². The Labute approximate surface area is 112 Å². The molecular formula is C13H21N3OS. The summed E-state index contributed by atoms with van der Waals surface area (Å²) in [7, 11) is 0. The summed E-state index contributed by atoms with van der Waals surface area (Å²) in [5, 5.41) is 14.6. The summed E-state index contributed by atoms with van der Waals surface area (Å²) in [6.45, 7) is 7.36. The summed E-state index contributed by atoms with van der Waals surface area (Å²) in [6.07, 6.45) is 1.84. The molecule has 2 aromatic heterocycles. The highest BCUT2D eigenvalue weighted by atomic mass is 32.1. The predicted molar refractivity (Wildman–Crippen MR) is 75.2 cm³/mol. The molecule has 1 atom stereocenters. The predicted octanol–water partition coefficient (Wildman–Crippen LogP) is 2.26. The molecule has 4 nitrogen and oxygen atoms in total. The fourth-order valence-corrected chi connectivity index (χ4v) is 3.15. The molecule has 0 aromatic carbocycles. The van der Waals surface area contributed by atoms with E-state index in [2.05, 4.69) is 40.9 Å². The molecule has 0 bridgehead atoms. The molecule has 0 radical (unpaired) electrons. The monoisotopic (exact) mass is 267 g/mol. The highest BCUT2D eigenvalue weighted by Gasteiger charge is 2.13. The first-order valence-electron chi connectivity index (χ1n) is 6.43. The van der Waals surface area contributed by atoms with E-state index in [1.54, 1.807) is 11.3 Å². The van der Waals surface area contributed by atoms with Gasteiger partial charge in [-0.05, 0) is 26.7 Å². The molecule has 0 aliphatic carbocycles. The third-order valence-electron chi connectivity index (χ3n) is 3.36. The van der Waals surface area contributed by atoms with E-state index >= 15 is 0 Å². The Balaban J connectivity index is 2.15. The van der Waals surface area contributed by atoms with Crippen LogP contribution in [0, 0.1) is 13.8 Å². The number of aryl methyl sites for hydroxylation is 2.